The van der Waals surface area contributed by atoms with Crippen molar-refractivity contribution in [1.29, 1.82) is 0 Å². The Balaban J connectivity index is 2.24. The van der Waals surface area contributed by atoms with E-state index in [0.29, 0.717) is 13.2 Å². The average Bonchev–Trinajstić information content (AvgIpc) is 2.50. The van der Waals surface area contributed by atoms with Gasteiger partial charge in [-0.2, -0.15) is 0 Å². The van der Waals surface area contributed by atoms with Gasteiger partial charge in [0, 0.05) is 33.5 Å². The van der Waals surface area contributed by atoms with Crippen LogP contribution in [-0.4, -0.2) is 45.8 Å². The van der Waals surface area contributed by atoms with Crippen LogP contribution in [0.4, 0.5) is 0 Å². The van der Waals surface area contributed by atoms with E-state index in [1.807, 2.05) is 24.3 Å². The van der Waals surface area contributed by atoms with E-state index >= 15 is 0 Å². The van der Waals surface area contributed by atoms with Crippen LogP contribution < -0.4 is 4.74 Å². The molecule has 0 aromatic heterocycles. The summed E-state index contributed by atoms with van der Waals surface area (Å²) < 4.78 is 15.6. The molecule has 4 nitrogen and oxygen atoms in total. The Hall–Kier alpha value is -1.10. The molecule has 1 unspecified atom stereocenters. The van der Waals surface area contributed by atoms with Crippen molar-refractivity contribution < 1.29 is 19.3 Å². The molecule has 0 aliphatic heterocycles. The van der Waals surface area contributed by atoms with Crippen molar-refractivity contribution in [3.8, 4) is 5.75 Å². The Morgan fingerprint density at radius 3 is 2.40 bits per heavy atom. The van der Waals surface area contributed by atoms with Gasteiger partial charge in [0.1, 0.15) is 5.75 Å². The summed E-state index contributed by atoms with van der Waals surface area (Å²) in [7, 11) is 3.35. The molecule has 0 saturated heterocycles. The number of aliphatic hydroxyl groups is 1. The topological polar surface area (TPSA) is 47.9 Å². The van der Waals surface area contributed by atoms with Crippen molar-refractivity contribution in [2.75, 3.05) is 40.6 Å². The van der Waals surface area contributed by atoms with E-state index in [2.05, 4.69) is 0 Å². The van der Waals surface area contributed by atoms with Crippen LogP contribution in [0.5, 0.6) is 5.75 Å². The molecular formula is C16H26O4. The second-order valence-electron chi connectivity index (χ2n) is 4.85. The zero-order valence-corrected chi connectivity index (χ0v) is 12.5. The Kier molecular flexibility index (Phi) is 9.04. The number of methoxy groups -OCH3 is 2. The van der Waals surface area contributed by atoms with Crippen molar-refractivity contribution in [3.05, 3.63) is 29.8 Å². The number of hydrogen-bond acceptors (Lipinski definition) is 4. The first-order valence-electron chi connectivity index (χ1n) is 7.10. The van der Waals surface area contributed by atoms with E-state index in [-0.39, 0.29) is 12.5 Å². The minimum Gasteiger partial charge on any atom is -0.497 e. The van der Waals surface area contributed by atoms with E-state index in [4.69, 9.17) is 14.2 Å². The lowest BCUT2D eigenvalue weighted by Gasteiger charge is -2.14. The smallest absolute Gasteiger partial charge is 0.118 e. The molecule has 0 radical (unpaired) electrons. The fourth-order valence-corrected chi connectivity index (χ4v) is 2.01. The number of rotatable bonds is 11. The number of benzene rings is 1. The summed E-state index contributed by atoms with van der Waals surface area (Å²) in [5.41, 5.74) is 1.21. The summed E-state index contributed by atoms with van der Waals surface area (Å²) >= 11 is 0. The molecule has 0 aliphatic rings. The van der Waals surface area contributed by atoms with Gasteiger partial charge in [0.05, 0.1) is 7.11 Å². The van der Waals surface area contributed by atoms with Crippen LogP contribution in [0.3, 0.4) is 0 Å². The van der Waals surface area contributed by atoms with Crippen molar-refractivity contribution in [3.63, 3.8) is 0 Å². The van der Waals surface area contributed by atoms with Crippen LogP contribution in [-0.2, 0) is 15.9 Å². The van der Waals surface area contributed by atoms with Gasteiger partial charge in [0.25, 0.3) is 0 Å². The van der Waals surface area contributed by atoms with Gasteiger partial charge in [-0.1, -0.05) is 12.1 Å². The normalized spacial score (nSPS) is 12.3. The summed E-state index contributed by atoms with van der Waals surface area (Å²) in [6.07, 6.45) is 2.65. The molecule has 20 heavy (non-hydrogen) atoms. The monoisotopic (exact) mass is 282 g/mol. The maximum absolute atomic E-state index is 9.43. The lowest BCUT2D eigenvalue weighted by atomic mass is 9.97. The minimum atomic E-state index is 0.188. The zero-order chi connectivity index (χ0) is 14.6. The molecule has 0 saturated carbocycles. The standard InChI is InChI=1S/C16H26O4/c1-18-9-3-10-20-11-8-15(13-17)12-14-4-6-16(19-2)7-5-14/h4-7,15,17H,3,8-13H2,1-2H3. The zero-order valence-electron chi connectivity index (χ0n) is 12.5. The van der Waals surface area contributed by atoms with Crippen molar-refractivity contribution in [2.45, 2.75) is 19.3 Å². The van der Waals surface area contributed by atoms with Crippen LogP contribution in [0.2, 0.25) is 0 Å². The van der Waals surface area contributed by atoms with Gasteiger partial charge in [0.15, 0.2) is 0 Å². The van der Waals surface area contributed by atoms with Crippen LogP contribution in [0.25, 0.3) is 0 Å². The van der Waals surface area contributed by atoms with Gasteiger partial charge < -0.3 is 19.3 Å². The molecule has 1 rings (SSSR count). The summed E-state index contributed by atoms with van der Waals surface area (Å²) in [5.74, 6) is 1.10. The molecule has 1 atom stereocenters. The first-order chi connectivity index (χ1) is 9.80. The Morgan fingerprint density at radius 2 is 1.80 bits per heavy atom. The molecule has 0 spiro atoms. The van der Waals surface area contributed by atoms with Gasteiger partial charge in [-0.3, -0.25) is 0 Å². The Labute approximate surface area is 121 Å². The number of hydrogen-bond donors (Lipinski definition) is 1. The lowest BCUT2D eigenvalue weighted by molar-refractivity contribution is 0.0857. The van der Waals surface area contributed by atoms with Crippen LogP contribution in [0.15, 0.2) is 24.3 Å². The summed E-state index contributed by atoms with van der Waals surface area (Å²) in [4.78, 5) is 0. The highest BCUT2D eigenvalue weighted by Crippen LogP contribution is 2.16. The van der Waals surface area contributed by atoms with Crippen LogP contribution >= 0.6 is 0 Å². The van der Waals surface area contributed by atoms with Crippen molar-refractivity contribution in [1.82, 2.24) is 0 Å². The highest BCUT2D eigenvalue weighted by molar-refractivity contribution is 5.27. The SMILES string of the molecule is COCCCOCCC(CO)Cc1ccc(OC)cc1. The molecule has 0 amide bonds. The van der Waals surface area contributed by atoms with Gasteiger partial charge >= 0.3 is 0 Å². The fraction of sp³-hybridized carbons (Fsp3) is 0.625. The first kappa shape index (κ1) is 17.0. The van der Waals surface area contributed by atoms with Crippen molar-refractivity contribution in [2.24, 2.45) is 5.92 Å². The summed E-state index contributed by atoms with van der Waals surface area (Å²) in [5, 5.41) is 9.43. The van der Waals surface area contributed by atoms with Crippen LogP contribution in [0.1, 0.15) is 18.4 Å². The van der Waals surface area contributed by atoms with E-state index in [1.165, 1.54) is 5.56 Å². The summed E-state index contributed by atoms with van der Waals surface area (Å²) in [6.45, 7) is 2.32. The number of ether oxygens (including phenoxy) is 3. The molecule has 4 heteroatoms. The molecule has 1 aromatic rings. The van der Waals surface area contributed by atoms with Gasteiger partial charge in [-0.15, -0.1) is 0 Å². The summed E-state index contributed by atoms with van der Waals surface area (Å²) in [6, 6.07) is 7.98. The maximum atomic E-state index is 9.43. The Morgan fingerprint density at radius 1 is 1.05 bits per heavy atom. The van der Waals surface area contributed by atoms with Gasteiger partial charge in [0.2, 0.25) is 0 Å². The largest absolute Gasteiger partial charge is 0.497 e. The van der Waals surface area contributed by atoms with E-state index in [9.17, 15) is 5.11 Å². The molecule has 0 heterocycles. The van der Waals surface area contributed by atoms with Gasteiger partial charge in [-0.05, 0) is 42.9 Å². The van der Waals surface area contributed by atoms with E-state index in [1.54, 1.807) is 14.2 Å². The molecule has 0 aliphatic carbocycles. The third kappa shape index (κ3) is 6.89. The van der Waals surface area contributed by atoms with E-state index < -0.39 is 0 Å². The van der Waals surface area contributed by atoms with Gasteiger partial charge in [-0.25, -0.2) is 0 Å². The highest BCUT2D eigenvalue weighted by Gasteiger charge is 2.09. The molecule has 0 fully saturated rings. The second kappa shape index (κ2) is 10.7. The average molecular weight is 282 g/mol. The predicted octanol–water partition coefficient (Wildman–Crippen LogP) is 2.29. The third-order valence-electron chi connectivity index (χ3n) is 3.25. The molecule has 1 aromatic carbocycles. The quantitative estimate of drug-likeness (QED) is 0.633. The number of aliphatic hydroxyl groups excluding tert-OH is 1. The first-order valence-corrected chi connectivity index (χ1v) is 7.10. The molecular weight excluding hydrogens is 256 g/mol. The highest BCUT2D eigenvalue weighted by atomic mass is 16.5. The second-order valence-corrected chi connectivity index (χ2v) is 4.85. The van der Waals surface area contributed by atoms with Crippen molar-refractivity contribution >= 4 is 0 Å². The fourth-order valence-electron chi connectivity index (χ4n) is 2.01. The molecule has 114 valence electrons. The third-order valence-corrected chi connectivity index (χ3v) is 3.25. The maximum Gasteiger partial charge on any atom is 0.118 e. The lowest BCUT2D eigenvalue weighted by Crippen LogP contribution is -2.13. The minimum absolute atomic E-state index is 0.188. The predicted molar refractivity (Wildman–Crippen MR) is 79.2 cm³/mol. The van der Waals surface area contributed by atoms with E-state index in [0.717, 1.165) is 31.6 Å². The van der Waals surface area contributed by atoms with Crippen LogP contribution in [0, 0.1) is 5.92 Å². The molecule has 0 bridgehead atoms. The Bertz CT molecular complexity index is 337. The molecule has 1 N–H and O–H groups in total.